The Hall–Kier alpha value is -1.92. The molecular weight excluding hydrogens is 368 g/mol. The Bertz CT molecular complexity index is 694. The molecule has 0 unspecified atom stereocenters. The molecule has 1 aromatic rings. The average Bonchev–Trinajstić information content (AvgIpc) is 3.28. The van der Waals surface area contributed by atoms with Crippen LogP contribution in [0.2, 0.25) is 0 Å². The molecule has 2 aliphatic rings. The number of hydrogen-bond donors (Lipinski definition) is 4. The summed E-state index contributed by atoms with van der Waals surface area (Å²) in [4.78, 5) is 23.6. The molecule has 2 aliphatic carbocycles. The Balaban J connectivity index is 1.70. The first kappa shape index (κ1) is 21.8. The maximum Gasteiger partial charge on any atom is 0.321 e. The largest absolute Gasteiger partial charge is 0.480 e. The number of carbonyl (C=O) groups excluding carboxylic acids is 1. The van der Waals surface area contributed by atoms with Gasteiger partial charge in [-0.3, -0.25) is 20.1 Å². The van der Waals surface area contributed by atoms with Gasteiger partial charge in [-0.2, -0.15) is 0 Å². The molecule has 2 saturated carbocycles. The van der Waals surface area contributed by atoms with E-state index in [1.165, 1.54) is 19.3 Å². The number of nitrogens with one attached hydrogen (secondary N) is 2. The summed E-state index contributed by atoms with van der Waals surface area (Å²) in [6.45, 7) is 0.505. The highest BCUT2D eigenvalue weighted by Gasteiger charge is 2.49. The van der Waals surface area contributed by atoms with Gasteiger partial charge in [-0.05, 0) is 54.6 Å². The second kappa shape index (κ2) is 10.2. The zero-order valence-electron chi connectivity index (χ0n) is 17.2. The summed E-state index contributed by atoms with van der Waals surface area (Å²) >= 11 is 0. The topological polar surface area (TPSA) is 98.7 Å². The number of carboxylic acid groups (broad SMARTS) is 1. The molecule has 0 spiro atoms. The molecule has 2 fully saturated rings. The Morgan fingerprint density at radius 3 is 2.41 bits per heavy atom. The van der Waals surface area contributed by atoms with E-state index in [1.807, 2.05) is 24.3 Å². The van der Waals surface area contributed by atoms with Crippen molar-refractivity contribution in [3.63, 3.8) is 0 Å². The molecule has 160 valence electrons. The fourth-order valence-corrected chi connectivity index (χ4v) is 5.61. The third-order valence-corrected chi connectivity index (χ3v) is 7.04. The van der Waals surface area contributed by atoms with Crippen molar-refractivity contribution in [1.29, 1.82) is 0 Å². The maximum atomic E-state index is 12.3. The van der Waals surface area contributed by atoms with E-state index in [-0.39, 0.29) is 11.8 Å². The van der Waals surface area contributed by atoms with E-state index in [2.05, 4.69) is 5.32 Å². The number of rotatable bonds is 9. The van der Waals surface area contributed by atoms with Gasteiger partial charge in [-0.25, -0.2) is 5.48 Å². The second-order valence-electron chi connectivity index (χ2n) is 8.78. The van der Waals surface area contributed by atoms with Gasteiger partial charge >= 0.3 is 5.97 Å². The predicted octanol–water partition coefficient (Wildman–Crippen LogP) is 3.81. The van der Waals surface area contributed by atoms with Crippen LogP contribution >= 0.6 is 0 Å². The molecule has 6 nitrogen and oxygen atoms in total. The van der Waals surface area contributed by atoms with Crippen molar-refractivity contribution in [1.82, 2.24) is 10.8 Å². The molecule has 1 amide bonds. The van der Waals surface area contributed by atoms with Crippen molar-refractivity contribution < 1.29 is 19.9 Å². The molecule has 0 saturated heterocycles. The number of aliphatic carboxylic acids is 1. The van der Waals surface area contributed by atoms with Gasteiger partial charge in [-0.15, -0.1) is 0 Å². The zero-order valence-corrected chi connectivity index (χ0v) is 17.2. The lowest BCUT2D eigenvalue weighted by Crippen LogP contribution is -2.54. The number of carboxylic acids is 1. The molecule has 0 aromatic heterocycles. The molecule has 0 radical (unpaired) electrons. The van der Waals surface area contributed by atoms with Gasteiger partial charge in [0.15, 0.2) is 0 Å². The van der Waals surface area contributed by atoms with Crippen LogP contribution in [0.3, 0.4) is 0 Å². The smallest absolute Gasteiger partial charge is 0.321 e. The Morgan fingerprint density at radius 2 is 1.76 bits per heavy atom. The standard InChI is InChI=1S/C23H34N2O4/c26-20(25-29)12-11-17-7-6-8-18(15-17)16-24-21(22(27)28)23(13-4-1-5-14-23)19-9-2-3-10-19/h6-8,15,19,21,24,29H,1-5,9-14,16H2,(H,25,26)(H,27,28)/t21-/m1/s1. The molecular formula is C23H34N2O4. The second-order valence-corrected chi connectivity index (χ2v) is 8.78. The quantitative estimate of drug-likeness (QED) is 0.372. The summed E-state index contributed by atoms with van der Waals surface area (Å²) < 4.78 is 0. The van der Waals surface area contributed by atoms with E-state index in [9.17, 15) is 14.7 Å². The highest BCUT2D eigenvalue weighted by Crippen LogP contribution is 2.51. The highest BCUT2D eigenvalue weighted by molar-refractivity contribution is 5.75. The lowest BCUT2D eigenvalue weighted by atomic mass is 9.61. The summed E-state index contributed by atoms with van der Waals surface area (Å²) in [6, 6.07) is 7.37. The monoisotopic (exact) mass is 402 g/mol. The summed E-state index contributed by atoms with van der Waals surface area (Å²) in [5.41, 5.74) is 3.55. The van der Waals surface area contributed by atoms with Crippen LogP contribution in [0, 0.1) is 11.3 Å². The van der Waals surface area contributed by atoms with Crippen LogP contribution in [0.4, 0.5) is 0 Å². The summed E-state index contributed by atoms with van der Waals surface area (Å²) in [5.74, 6) is -0.621. The fourth-order valence-electron chi connectivity index (χ4n) is 5.61. The van der Waals surface area contributed by atoms with Crippen molar-refractivity contribution in [2.75, 3.05) is 0 Å². The van der Waals surface area contributed by atoms with Gasteiger partial charge < -0.3 is 5.11 Å². The molecule has 29 heavy (non-hydrogen) atoms. The Kier molecular flexibility index (Phi) is 7.67. The molecule has 0 bridgehead atoms. The normalized spacial score (nSPS) is 20.3. The predicted molar refractivity (Wildman–Crippen MR) is 110 cm³/mol. The average molecular weight is 403 g/mol. The van der Waals surface area contributed by atoms with Crippen molar-refractivity contribution in [2.24, 2.45) is 11.3 Å². The Morgan fingerprint density at radius 1 is 1.07 bits per heavy atom. The van der Waals surface area contributed by atoms with Gasteiger partial charge in [0.05, 0.1) is 0 Å². The van der Waals surface area contributed by atoms with E-state index in [0.29, 0.717) is 18.9 Å². The van der Waals surface area contributed by atoms with Crippen LogP contribution in [0.25, 0.3) is 0 Å². The molecule has 1 atom stereocenters. The third kappa shape index (κ3) is 5.37. The highest BCUT2D eigenvalue weighted by atomic mass is 16.5. The van der Waals surface area contributed by atoms with Gasteiger partial charge in [0.1, 0.15) is 6.04 Å². The van der Waals surface area contributed by atoms with Crippen LogP contribution in [0.15, 0.2) is 24.3 Å². The van der Waals surface area contributed by atoms with E-state index in [1.54, 1.807) is 5.48 Å². The molecule has 0 heterocycles. The number of hydrogen-bond acceptors (Lipinski definition) is 4. The van der Waals surface area contributed by atoms with Crippen molar-refractivity contribution in [2.45, 2.75) is 83.2 Å². The van der Waals surface area contributed by atoms with Crippen molar-refractivity contribution in [3.05, 3.63) is 35.4 Å². The first-order valence-electron chi connectivity index (χ1n) is 11.0. The first-order chi connectivity index (χ1) is 14.0. The van der Waals surface area contributed by atoms with Crippen LogP contribution in [-0.2, 0) is 22.6 Å². The summed E-state index contributed by atoms with van der Waals surface area (Å²) in [5, 5.41) is 22.2. The van der Waals surface area contributed by atoms with Gasteiger partial charge in [0, 0.05) is 13.0 Å². The third-order valence-electron chi connectivity index (χ3n) is 7.04. The minimum Gasteiger partial charge on any atom is -0.480 e. The number of carbonyl (C=O) groups is 2. The number of hydroxylamine groups is 1. The molecule has 0 aliphatic heterocycles. The van der Waals surface area contributed by atoms with E-state index < -0.39 is 17.9 Å². The van der Waals surface area contributed by atoms with Crippen molar-refractivity contribution in [3.8, 4) is 0 Å². The lowest BCUT2D eigenvalue weighted by Gasteiger charge is -2.46. The molecule has 4 N–H and O–H groups in total. The molecule has 1 aromatic carbocycles. The molecule has 3 rings (SSSR count). The van der Waals surface area contributed by atoms with Gasteiger partial charge in [0.25, 0.3) is 0 Å². The number of amides is 1. The molecule has 6 heteroatoms. The van der Waals surface area contributed by atoms with E-state index in [4.69, 9.17) is 5.21 Å². The maximum absolute atomic E-state index is 12.3. The van der Waals surface area contributed by atoms with Crippen LogP contribution in [0.1, 0.15) is 75.3 Å². The first-order valence-corrected chi connectivity index (χ1v) is 11.0. The van der Waals surface area contributed by atoms with E-state index in [0.717, 1.165) is 49.7 Å². The summed E-state index contributed by atoms with van der Waals surface area (Å²) in [7, 11) is 0. The minimum atomic E-state index is -0.727. The van der Waals surface area contributed by atoms with E-state index >= 15 is 0 Å². The number of aryl methyl sites for hydroxylation is 1. The fraction of sp³-hybridized carbons (Fsp3) is 0.652. The minimum absolute atomic E-state index is 0.128. The van der Waals surface area contributed by atoms with Crippen molar-refractivity contribution >= 4 is 11.9 Å². The van der Waals surface area contributed by atoms with Crippen LogP contribution in [0.5, 0.6) is 0 Å². The Labute approximate surface area is 173 Å². The van der Waals surface area contributed by atoms with Gasteiger partial charge in [-0.1, -0.05) is 56.4 Å². The van der Waals surface area contributed by atoms with Gasteiger partial charge in [0.2, 0.25) is 5.91 Å². The zero-order chi connectivity index (χ0) is 20.7. The lowest BCUT2D eigenvalue weighted by molar-refractivity contribution is -0.146. The SMILES string of the molecule is O=C(CCc1cccc(CN[C@H](C(=O)O)C2(C3CCCC3)CCCCC2)c1)NO. The summed E-state index contributed by atoms with van der Waals surface area (Å²) in [6.07, 6.45) is 11.0. The van der Waals surface area contributed by atoms with Crippen LogP contribution < -0.4 is 10.8 Å². The van der Waals surface area contributed by atoms with Crippen LogP contribution in [-0.4, -0.2) is 28.2 Å². The number of benzene rings is 1.